The van der Waals surface area contributed by atoms with Crippen LogP contribution in [0.5, 0.6) is 11.5 Å². The lowest BCUT2D eigenvalue weighted by Crippen LogP contribution is -2.32. The van der Waals surface area contributed by atoms with Gasteiger partial charge in [-0.2, -0.15) is 0 Å². The SMILES string of the molecule is c1ccc(N(c2ccc(-c3cccc4c3sc3c(N(c5ccccc5)c5ccccc5)cccc34)cc2)c2ccc3c(c2)-c2ccccc2C32c3ccccc3Oc3ccccc32)cc1. The number of hydrogen-bond donors (Lipinski definition) is 0. The van der Waals surface area contributed by atoms with E-state index >= 15 is 0 Å². The number of ether oxygens (including phenoxy) is 1. The van der Waals surface area contributed by atoms with Crippen molar-refractivity contribution in [3.8, 4) is 33.8 Å². The fourth-order valence-corrected chi connectivity index (χ4v) is 11.9. The van der Waals surface area contributed by atoms with Crippen LogP contribution in [0.3, 0.4) is 0 Å². The normalized spacial score (nSPS) is 12.9. The highest BCUT2D eigenvalue weighted by Crippen LogP contribution is 2.62. The van der Waals surface area contributed by atoms with Crippen molar-refractivity contribution >= 4 is 65.6 Å². The van der Waals surface area contributed by atoms with Crippen molar-refractivity contribution in [1.29, 1.82) is 0 Å². The first-order valence-electron chi connectivity index (χ1n) is 22.2. The number of fused-ring (bicyclic) bond motifs is 12. The van der Waals surface area contributed by atoms with Gasteiger partial charge in [-0.15, -0.1) is 11.3 Å². The number of rotatable bonds is 7. The zero-order valence-corrected chi connectivity index (χ0v) is 36.1. The highest BCUT2D eigenvalue weighted by atomic mass is 32.1. The van der Waals surface area contributed by atoms with Crippen LogP contribution in [0, 0.1) is 0 Å². The van der Waals surface area contributed by atoms with Crippen LogP contribution in [0.25, 0.3) is 42.4 Å². The molecule has 1 aliphatic carbocycles. The van der Waals surface area contributed by atoms with Gasteiger partial charge in [0.1, 0.15) is 11.5 Å². The van der Waals surface area contributed by atoms with E-state index in [1.165, 1.54) is 70.4 Å². The van der Waals surface area contributed by atoms with Gasteiger partial charge in [-0.25, -0.2) is 0 Å². The summed E-state index contributed by atoms with van der Waals surface area (Å²) in [5, 5.41) is 2.53. The third kappa shape index (κ3) is 5.74. The molecule has 0 N–H and O–H groups in total. The van der Waals surface area contributed by atoms with Gasteiger partial charge >= 0.3 is 0 Å². The molecule has 306 valence electrons. The molecule has 13 rings (SSSR count). The third-order valence-corrected chi connectivity index (χ3v) is 14.6. The van der Waals surface area contributed by atoms with E-state index in [0.717, 1.165) is 39.9 Å². The molecule has 2 aliphatic rings. The van der Waals surface area contributed by atoms with Gasteiger partial charge < -0.3 is 14.5 Å². The summed E-state index contributed by atoms with van der Waals surface area (Å²) in [5.41, 5.74) is 16.0. The summed E-state index contributed by atoms with van der Waals surface area (Å²) in [6.07, 6.45) is 0. The molecule has 2 heterocycles. The topological polar surface area (TPSA) is 15.7 Å². The van der Waals surface area contributed by atoms with Gasteiger partial charge in [0, 0.05) is 55.0 Å². The van der Waals surface area contributed by atoms with Gasteiger partial charge in [0.25, 0.3) is 0 Å². The fourth-order valence-electron chi connectivity index (χ4n) is 10.6. The summed E-state index contributed by atoms with van der Waals surface area (Å²) >= 11 is 1.88. The molecule has 65 heavy (non-hydrogen) atoms. The average Bonchev–Trinajstić information content (AvgIpc) is 3.90. The molecule has 0 saturated heterocycles. The molecule has 4 heteroatoms. The summed E-state index contributed by atoms with van der Waals surface area (Å²) in [6, 6.07) is 87.8. The molecule has 0 fully saturated rings. The molecule has 1 aromatic heterocycles. The second-order valence-electron chi connectivity index (χ2n) is 16.8. The van der Waals surface area contributed by atoms with Gasteiger partial charge in [-0.05, 0) is 112 Å². The molecule has 0 bridgehead atoms. The molecule has 11 aromatic rings. The number of nitrogens with zero attached hydrogens (tertiary/aromatic N) is 2. The monoisotopic (exact) mass is 848 g/mol. The standard InChI is InChI=1S/C61H40N2OS/c1-4-18-42(19-5-1)62(46-38-39-53-51(40-46)48-24-10-11-28-52(48)61(53)54-29-12-14-32-57(54)64-58-33-15-13-30-55(58)61)45-36-34-41(35-37-45)47-25-16-26-49-50-27-17-31-56(60(50)65-59(47)49)63(43-20-6-2-7-21-43)44-22-8-3-9-23-44/h1-40H. The van der Waals surface area contributed by atoms with Crippen molar-refractivity contribution in [2.24, 2.45) is 0 Å². The van der Waals surface area contributed by atoms with Crippen LogP contribution in [0.4, 0.5) is 34.1 Å². The van der Waals surface area contributed by atoms with E-state index in [-0.39, 0.29) is 0 Å². The van der Waals surface area contributed by atoms with Crippen molar-refractivity contribution in [2.75, 3.05) is 9.80 Å². The molecule has 0 unspecified atom stereocenters. The molecule has 0 amide bonds. The minimum absolute atomic E-state index is 0.509. The quantitative estimate of drug-likeness (QED) is 0.159. The van der Waals surface area contributed by atoms with Crippen LogP contribution in [-0.4, -0.2) is 0 Å². The highest BCUT2D eigenvalue weighted by Gasteiger charge is 2.51. The van der Waals surface area contributed by atoms with Gasteiger partial charge in [-0.3, -0.25) is 0 Å². The smallest absolute Gasteiger partial charge is 0.132 e. The first-order chi connectivity index (χ1) is 32.3. The van der Waals surface area contributed by atoms with Crippen LogP contribution < -0.4 is 14.5 Å². The first kappa shape index (κ1) is 37.4. The number of benzene rings is 10. The summed E-state index contributed by atoms with van der Waals surface area (Å²) < 4.78 is 9.14. The minimum atomic E-state index is -0.509. The Balaban J connectivity index is 0.933. The minimum Gasteiger partial charge on any atom is -0.457 e. The van der Waals surface area contributed by atoms with Crippen LogP contribution >= 0.6 is 11.3 Å². The lowest BCUT2D eigenvalue weighted by atomic mass is 9.66. The van der Waals surface area contributed by atoms with Crippen LogP contribution in [0.1, 0.15) is 22.3 Å². The average molecular weight is 849 g/mol. The van der Waals surface area contributed by atoms with Crippen molar-refractivity contribution in [2.45, 2.75) is 5.41 Å². The lowest BCUT2D eigenvalue weighted by Gasteiger charge is -2.39. The maximum Gasteiger partial charge on any atom is 0.132 e. The molecule has 10 aromatic carbocycles. The van der Waals surface area contributed by atoms with Gasteiger partial charge in [0.15, 0.2) is 0 Å². The number of thiophene rings is 1. The summed E-state index contributed by atoms with van der Waals surface area (Å²) in [6.45, 7) is 0. The molecule has 0 radical (unpaired) electrons. The van der Waals surface area contributed by atoms with Gasteiger partial charge in [0.05, 0.1) is 15.8 Å². The second-order valence-corrected chi connectivity index (χ2v) is 17.8. The summed E-state index contributed by atoms with van der Waals surface area (Å²) in [5.74, 6) is 1.80. The van der Waals surface area contributed by atoms with Gasteiger partial charge in [0.2, 0.25) is 0 Å². The van der Waals surface area contributed by atoms with E-state index in [1.54, 1.807) is 0 Å². The van der Waals surface area contributed by atoms with E-state index in [9.17, 15) is 0 Å². The van der Waals surface area contributed by atoms with Crippen LogP contribution in [0.15, 0.2) is 243 Å². The zero-order chi connectivity index (χ0) is 42.9. The van der Waals surface area contributed by atoms with Crippen molar-refractivity contribution in [1.82, 2.24) is 0 Å². The third-order valence-electron chi connectivity index (χ3n) is 13.3. The van der Waals surface area contributed by atoms with E-state index in [1.807, 2.05) is 11.3 Å². The zero-order valence-electron chi connectivity index (χ0n) is 35.3. The Morgan fingerprint density at radius 2 is 0.800 bits per heavy atom. The predicted molar refractivity (Wildman–Crippen MR) is 272 cm³/mol. The molecule has 0 atom stereocenters. The molecular formula is C61H40N2OS. The Hall–Kier alpha value is -8.18. The summed E-state index contributed by atoms with van der Waals surface area (Å²) in [4.78, 5) is 4.76. The Morgan fingerprint density at radius 3 is 1.45 bits per heavy atom. The van der Waals surface area contributed by atoms with E-state index in [4.69, 9.17) is 4.74 Å². The van der Waals surface area contributed by atoms with E-state index < -0.39 is 5.41 Å². The Labute approximate surface area is 382 Å². The maximum atomic E-state index is 6.59. The van der Waals surface area contributed by atoms with Crippen LogP contribution in [-0.2, 0) is 5.41 Å². The molecule has 3 nitrogen and oxygen atoms in total. The Kier molecular flexibility index (Phi) is 8.62. The van der Waals surface area contributed by atoms with Crippen LogP contribution in [0.2, 0.25) is 0 Å². The molecule has 1 spiro atoms. The van der Waals surface area contributed by atoms with E-state index in [0.29, 0.717) is 0 Å². The van der Waals surface area contributed by atoms with Crippen molar-refractivity contribution in [3.63, 3.8) is 0 Å². The van der Waals surface area contributed by atoms with Gasteiger partial charge in [-0.1, -0.05) is 164 Å². The lowest BCUT2D eigenvalue weighted by molar-refractivity contribution is 0.436. The number of anilines is 6. The molecule has 1 aliphatic heterocycles. The maximum absolute atomic E-state index is 6.59. The summed E-state index contributed by atoms with van der Waals surface area (Å²) in [7, 11) is 0. The fraction of sp³-hybridized carbons (Fsp3) is 0.0164. The second kappa shape index (κ2) is 15.0. The Morgan fingerprint density at radius 1 is 0.323 bits per heavy atom. The number of hydrogen-bond acceptors (Lipinski definition) is 4. The Bertz CT molecular complexity index is 3500. The molecule has 0 saturated carbocycles. The highest BCUT2D eigenvalue weighted by molar-refractivity contribution is 7.27. The van der Waals surface area contributed by atoms with Crippen molar-refractivity contribution < 1.29 is 4.74 Å². The molecular weight excluding hydrogens is 809 g/mol. The number of para-hydroxylation sites is 5. The first-order valence-corrected chi connectivity index (χ1v) is 23.0. The van der Waals surface area contributed by atoms with Crippen molar-refractivity contribution in [3.05, 3.63) is 265 Å². The predicted octanol–water partition coefficient (Wildman–Crippen LogP) is 17.1. The largest absolute Gasteiger partial charge is 0.457 e. The van der Waals surface area contributed by atoms with E-state index in [2.05, 4.69) is 252 Å².